The Morgan fingerprint density at radius 1 is 1.25 bits per heavy atom. The van der Waals surface area contributed by atoms with E-state index >= 15 is 0 Å². The van der Waals surface area contributed by atoms with Crippen molar-refractivity contribution in [3.05, 3.63) is 18.5 Å². The van der Waals surface area contributed by atoms with E-state index in [2.05, 4.69) is 33.1 Å². The first-order chi connectivity index (χ1) is 9.74. The van der Waals surface area contributed by atoms with E-state index in [0.29, 0.717) is 5.54 Å². The van der Waals surface area contributed by atoms with Gasteiger partial charge in [-0.3, -0.25) is 9.58 Å². The summed E-state index contributed by atoms with van der Waals surface area (Å²) in [6, 6.07) is 2.78. The molecule has 3 fully saturated rings. The van der Waals surface area contributed by atoms with E-state index in [4.69, 9.17) is 0 Å². The number of piperazine rings is 1. The van der Waals surface area contributed by atoms with Crippen LogP contribution in [0.5, 0.6) is 0 Å². The highest BCUT2D eigenvalue weighted by Gasteiger charge is 2.48. The Hall–Kier alpha value is -0.870. The molecule has 1 N–H and O–H groups in total. The van der Waals surface area contributed by atoms with Crippen molar-refractivity contribution in [1.82, 2.24) is 20.0 Å². The molecular weight excluding hydrogens is 248 g/mol. The molecule has 2 saturated carbocycles. The molecule has 1 aromatic rings. The molecule has 2 atom stereocenters. The van der Waals surface area contributed by atoms with Crippen molar-refractivity contribution in [2.75, 3.05) is 19.6 Å². The summed E-state index contributed by atoms with van der Waals surface area (Å²) >= 11 is 0. The van der Waals surface area contributed by atoms with Gasteiger partial charge in [-0.25, -0.2) is 0 Å². The molecule has 0 amide bonds. The van der Waals surface area contributed by atoms with Gasteiger partial charge in [0.1, 0.15) is 0 Å². The first-order valence-corrected chi connectivity index (χ1v) is 8.21. The van der Waals surface area contributed by atoms with Gasteiger partial charge in [0.25, 0.3) is 0 Å². The van der Waals surface area contributed by atoms with Crippen LogP contribution in [0.4, 0.5) is 0 Å². The van der Waals surface area contributed by atoms with E-state index in [-0.39, 0.29) is 0 Å². The second-order valence-electron chi connectivity index (χ2n) is 7.22. The third-order valence-corrected chi connectivity index (χ3v) is 5.54. The molecule has 1 aromatic heterocycles. The minimum atomic E-state index is 0.357. The van der Waals surface area contributed by atoms with E-state index in [0.717, 1.165) is 31.0 Å². The number of aromatic nitrogens is 2. The highest BCUT2D eigenvalue weighted by Crippen LogP contribution is 2.44. The largest absolute Gasteiger partial charge is 0.308 e. The minimum Gasteiger partial charge on any atom is -0.308 e. The van der Waals surface area contributed by atoms with Gasteiger partial charge in [-0.05, 0) is 50.5 Å². The first kappa shape index (κ1) is 12.8. The lowest BCUT2D eigenvalue weighted by molar-refractivity contribution is 0.0605. The predicted molar refractivity (Wildman–Crippen MR) is 79.4 cm³/mol. The zero-order valence-corrected chi connectivity index (χ0v) is 12.5. The highest BCUT2D eigenvalue weighted by molar-refractivity contribution is 5.06. The number of nitrogens with one attached hydrogen (secondary N) is 1. The predicted octanol–water partition coefficient (Wildman–Crippen LogP) is 1.74. The highest BCUT2D eigenvalue weighted by atomic mass is 15.3. The Kier molecular flexibility index (Phi) is 3.11. The summed E-state index contributed by atoms with van der Waals surface area (Å²) in [6.45, 7) is 7.02. The molecule has 2 aliphatic carbocycles. The van der Waals surface area contributed by atoms with Crippen molar-refractivity contribution >= 4 is 0 Å². The zero-order valence-electron chi connectivity index (χ0n) is 12.5. The number of hydrogen-bond donors (Lipinski definition) is 1. The fraction of sp³-hybridized carbons (Fsp3) is 0.812. The summed E-state index contributed by atoms with van der Waals surface area (Å²) in [5.74, 6) is 1.86. The normalized spacial score (nSPS) is 35.4. The van der Waals surface area contributed by atoms with Gasteiger partial charge in [-0.1, -0.05) is 0 Å². The van der Waals surface area contributed by atoms with E-state index < -0.39 is 0 Å². The molecule has 4 nitrogen and oxygen atoms in total. The van der Waals surface area contributed by atoms with Crippen LogP contribution in [0.3, 0.4) is 0 Å². The molecule has 2 unspecified atom stereocenters. The fourth-order valence-electron chi connectivity index (χ4n) is 3.91. The second-order valence-corrected chi connectivity index (χ2v) is 7.22. The van der Waals surface area contributed by atoms with Crippen LogP contribution in [0.2, 0.25) is 0 Å². The number of hydrogen-bond acceptors (Lipinski definition) is 3. The Morgan fingerprint density at radius 2 is 2.10 bits per heavy atom. The van der Waals surface area contributed by atoms with Crippen LogP contribution in [0.1, 0.15) is 32.6 Å². The number of rotatable bonds is 5. The lowest BCUT2D eigenvalue weighted by atomic mass is 9.90. The zero-order chi connectivity index (χ0) is 13.6. The van der Waals surface area contributed by atoms with Crippen LogP contribution in [-0.2, 0) is 6.54 Å². The van der Waals surface area contributed by atoms with Crippen molar-refractivity contribution in [3.63, 3.8) is 0 Å². The van der Waals surface area contributed by atoms with Gasteiger partial charge in [0.2, 0.25) is 0 Å². The molecule has 3 aliphatic rings. The van der Waals surface area contributed by atoms with Gasteiger partial charge < -0.3 is 5.32 Å². The van der Waals surface area contributed by atoms with Gasteiger partial charge in [-0.15, -0.1) is 0 Å². The monoisotopic (exact) mass is 274 g/mol. The topological polar surface area (TPSA) is 33.1 Å². The van der Waals surface area contributed by atoms with Crippen molar-refractivity contribution in [2.45, 2.75) is 50.7 Å². The lowest BCUT2D eigenvalue weighted by Crippen LogP contribution is -2.64. The summed E-state index contributed by atoms with van der Waals surface area (Å²) in [6.07, 6.45) is 9.67. The molecule has 1 saturated heterocycles. The summed E-state index contributed by atoms with van der Waals surface area (Å²) in [7, 11) is 0. The molecule has 20 heavy (non-hydrogen) atoms. The molecule has 0 spiro atoms. The van der Waals surface area contributed by atoms with Gasteiger partial charge in [0.15, 0.2) is 0 Å². The van der Waals surface area contributed by atoms with Crippen molar-refractivity contribution in [1.29, 1.82) is 0 Å². The molecule has 0 radical (unpaired) electrons. The van der Waals surface area contributed by atoms with Gasteiger partial charge in [0, 0.05) is 43.6 Å². The van der Waals surface area contributed by atoms with Crippen molar-refractivity contribution in [3.8, 4) is 0 Å². The second kappa shape index (κ2) is 4.85. The average Bonchev–Trinajstić information content (AvgIpc) is 3.35. The summed E-state index contributed by atoms with van der Waals surface area (Å²) in [5, 5.41) is 8.23. The maximum atomic E-state index is 4.34. The van der Waals surface area contributed by atoms with E-state index in [1.54, 1.807) is 0 Å². The Labute approximate surface area is 121 Å². The van der Waals surface area contributed by atoms with E-state index in [9.17, 15) is 0 Å². The van der Waals surface area contributed by atoms with E-state index in [1.807, 2.05) is 12.3 Å². The molecule has 0 aromatic carbocycles. The minimum absolute atomic E-state index is 0.357. The lowest BCUT2D eigenvalue weighted by Gasteiger charge is -2.47. The molecule has 4 heteroatoms. The first-order valence-electron chi connectivity index (χ1n) is 8.21. The molecule has 2 heterocycles. The fourth-order valence-corrected chi connectivity index (χ4v) is 3.91. The molecule has 4 rings (SSSR count). The summed E-state index contributed by atoms with van der Waals surface area (Å²) in [5.41, 5.74) is 0.357. The Bertz CT molecular complexity index is 449. The Balaban J connectivity index is 1.43. The van der Waals surface area contributed by atoms with Crippen LogP contribution >= 0.6 is 0 Å². The summed E-state index contributed by atoms with van der Waals surface area (Å²) in [4.78, 5) is 2.76. The van der Waals surface area contributed by atoms with Crippen LogP contribution in [0.25, 0.3) is 0 Å². The molecular formula is C16H26N4. The molecule has 110 valence electrons. The van der Waals surface area contributed by atoms with Crippen LogP contribution < -0.4 is 5.32 Å². The van der Waals surface area contributed by atoms with Crippen LogP contribution in [0.15, 0.2) is 18.5 Å². The SMILES string of the molecule is CC1(C2CC2)CN(CCn2cccn2)C(C2CC2)CN1. The standard InChI is InChI=1S/C16H26N4/c1-16(14-5-6-14)12-19(9-10-20-8-2-7-18-20)15(11-17-16)13-3-4-13/h2,7-8,13-15,17H,3-6,9-12H2,1H3. The van der Waals surface area contributed by atoms with Gasteiger partial charge >= 0.3 is 0 Å². The maximum Gasteiger partial charge on any atom is 0.0536 e. The van der Waals surface area contributed by atoms with Crippen LogP contribution in [0, 0.1) is 11.8 Å². The maximum absolute atomic E-state index is 4.34. The van der Waals surface area contributed by atoms with Crippen LogP contribution in [-0.4, -0.2) is 45.9 Å². The summed E-state index contributed by atoms with van der Waals surface area (Å²) < 4.78 is 2.07. The van der Waals surface area contributed by atoms with Gasteiger partial charge in [0.05, 0.1) is 6.54 Å². The van der Waals surface area contributed by atoms with Gasteiger partial charge in [-0.2, -0.15) is 5.10 Å². The average molecular weight is 274 g/mol. The quantitative estimate of drug-likeness (QED) is 0.888. The number of nitrogens with zero attached hydrogens (tertiary/aromatic N) is 3. The van der Waals surface area contributed by atoms with Crippen molar-refractivity contribution in [2.24, 2.45) is 11.8 Å². The third kappa shape index (κ3) is 2.51. The Morgan fingerprint density at radius 3 is 2.75 bits per heavy atom. The van der Waals surface area contributed by atoms with E-state index in [1.165, 1.54) is 38.8 Å². The molecule has 0 bridgehead atoms. The third-order valence-electron chi connectivity index (χ3n) is 5.54. The molecule has 1 aliphatic heterocycles. The van der Waals surface area contributed by atoms with Crippen molar-refractivity contribution < 1.29 is 0 Å². The smallest absolute Gasteiger partial charge is 0.0536 e.